The number of nitrogens with zero attached hydrogens (tertiary/aromatic N) is 2. The number of aryl methyl sites for hydroxylation is 2. The van der Waals surface area contributed by atoms with Crippen molar-refractivity contribution in [3.63, 3.8) is 0 Å². The predicted molar refractivity (Wildman–Crippen MR) is 113 cm³/mol. The van der Waals surface area contributed by atoms with Crippen molar-refractivity contribution in [1.82, 2.24) is 4.98 Å². The molecule has 1 N–H and O–H groups in total. The molecule has 7 heteroatoms. The van der Waals surface area contributed by atoms with E-state index in [0.29, 0.717) is 33.1 Å². The Hall–Kier alpha value is -3.32. The highest BCUT2D eigenvalue weighted by Gasteiger charge is 2.36. The summed E-state index contributed by atoms with van der Waals surface area (Å²) in [7, 11) is 0. The van der Waals surface area contributed by atoms with E-state index in [1.165, 1.54) is 11.3 Å². The van der Waals surface area contributed by atoms with Gasteiger partial charge in [-0.05, 0) is 50.1 Å². The van der Waals surface area contributed by atoms with Gasteiger partial charge in [0.25, 0.3) is 17.7 Å². The molecule has 29 heavy (non-hydrogen) atoms. The van der Waals surface area contributed by atoms with Crippen LogP contribution in [0.2, 0.25) is 0 Å². The molecule has 0 fully saturated rings. The lowest BCUT2D eigenvalue weighted by atomic mass is 10.1. The number of hydrogen-bond acceptors (Lipinski definition) is 5. The van der Waals surface area contributed by atoms with E-state index in [0.717, 1.165) is 22.7 Å². The van der Waals surface area contributed by atoms with Gasteiger partial charge in [-0.15, -0.1) is 11.3 Å². The molecular formula is C22H19N3O3S. The predicted octanol–water partition coefficient (Wildman–Crippen LogP) is 4.46. The smallest absolute Gasteiger partial charge is 0.267 e. The van der Waals surface area contributed by atoms with Gasteiger partial charge in [0, 0.05) is 5.69 Å². The first-order valence-corrected chi connectivity index (χ1v) is 10.2. The van der Waals surface area contributed by atoms with Gasteiger partial charge >= 0.3 is 0 Å². The molecule has 0 spiro atoms. The molecule has 3 aromatic rings. The molecule has 0 atom stereocenters. The number of amides is 3. The van der Waals surface area contributed by atoms with E-state index in [4.69, 9.17) is 0 Å². The lowest BCUT2D eigenvalue weighted by Crippen LogP contribution is -2.29. The number of fused-ring (bicyclic) bond motifs is 1. The highest BCUT2D eigenvalue weighted by atomic mass is 32.1. The van der Waals surface area contributed by atoms with Crippen LogP contribution in [0.25, 0.3) is 0 Å². The normalized spacial score (nSPS) is 13.0. The molecule has 0 saturated heterocycles. The number of anilines is 2. The summed E-state index contributed by atoms with van der Waals surface area (Å²) in [6.45, 7) is 3.89. The third-order valence-electron chi connectivity index (χ3n) is 4.67. The molecule has 2 heterocycles. The van der Waals surface area contributed by atoms with E-state index in [1.807, 2.05) is 6.92 Å². The standard InChI is InChI=1S/C22H19N3O3S/c1-3-7-18-23-13(2)19(29-18)20(26)24-14-8-6-9-15(12-14)25-21(27)16-10-4-5-11-17(16)22(25)28/h4-6,8-12H,3,7H2,1-2H3,(H,24,26). The second kappa shape index (κ2) is 7.60. The Balaban J connectivity index is 1.58. The molecule has 146 valence electrons. The van der Waals surface area contributed by atoms with E-state index >= 15 is 0 Å². The molecule has 3 amide bonds. The van der Waals surface area contributed by atoms with Crippen molar-refractivity contribution in [2.24, 2.45) is 0 Å². The molecule has 4 rings (SSSR count). The zero-order valence-corrected chi connectivity index (χ0v) is 16.9. The van der Waals surface area contributed by atoms with Gasteiger partial charge in [0.2, 0.25) is 0 Å². The van der Waals surface area contributed by atoms with E-state index in [-0.39, 0.29) is 17.7 Å². The first-order chi connectivity index (χ1) is 14.0. The lowest BCUT2D eigenvalue weighted by molar-refractivity contribution is 0.0925. The van der Waals surface area contributed by atoms with Crippen molar-refractivity contribution in [2.45, 2.75) is 26.7 Å². The minimum Gasteiger partial charge on any atom is -0.321 e. The number of aromatic nitrogens is 1. The molecule has 0 saturated carbocycles. The Bertz CT molecular complexity index is 1100. The van der Waals surface area contributed by atoms with E-state index in [1.54, 1.807) is 48.5 Å². The molecular weight excluding hydrogens is 386 g/mol. The van der Waals surface area contributed by atoms with Crippen molar-refractivity contribution in [1.29, 1.82) is 0 Å². The van der Waals surface area contributed by atoms with Crippen molar-refractivity contribution in [2.75, 3.05) is 10.2 Å². The minimum atomic E-state index is -0.364. The van der Waals surface area contributed by atoms with E-state index in [2.05, 4.69) is 17.2 Å². The van der Waals surface area contributed by atoms with Crippen LogP contribution in [0, 0.1) is 6.92 Å². The Morgan fingerprint density at radius 1 is 1.07 bits per heavy atom. The molecule has 1 aliphatic heterocycles. The molecule has 1 aliphatic rings. The molecule has 0 aliphatic carbocycles. The fraction of sp³-hybridized carbons (Fsp3) is 0.182. The number of thiazole rings is 1. The number of rotatable bonds is 5. The number of benzene rings is 2. The number of nitrogens with one attached hydrogen (secondary N) is 1. The summed E-state index contributed by atoms with van der Waals surface area (Å²) >= 11 is 1.39. The molecule has 0 unspecified atom stereocenters. The van der Waals surface area contributed by atoms with Crippen molar-refractivity contribution < 1.29 is 14.4 Å². The van der Waals surface area contributed by atoms with Gasteiger partial charge in [0.05, 0.1) is 27.5 Å². The minimum absolute atomic E-state index is 0.248. The average Bonchev–Trinajstić information content (AvgIpc) is 3.20. The van der Waals surface area contributed by atoms with Crippen LogP contribution in [-0.2, 0) is 6.42 Å². The fourth-order valence-corrected chi connectivity index (χ4v) is 4.38. The summed E-state index contributed by atoms with van der Waals surface area (Å²) in [4.78, 5) is 44.2. The summed E-state index contributed by atoms with van der Waals surface area (Å²) in [6.07, 6.45) is 1.81. The summed E-state index contributed by atoms with van der Waals surface area (Å²) in [5.41, 5.74) is 2.40. The van der Waals surface area contributed by atoms with Gasteiger partial charge in [0.1, 0.15) is 4.88 Å². The number of imide groups is 1. The Morgan fingerprint density at radius 3 is 2.41 bits per heavy atom. The van der Waals surface area contributed by atoms with Gasteiger partial charge in [-0.1, -0.05) is 25.1 Å². The van der Waals surface area contributed by atoms with E-state index < -0.39 is 0 Å². The largest absolute Gasteiger partial charge is 0.321 e. The molecule has 0 bridgehead atoms. The van der Waals surface area contributed by atoms with Crippen LogP contribution < -0.4 is 10.2 Å². The molecule has 2 aromatic carbocycles. The van der Waals surface area contributed by atoms with Crippen LogP contribution in [0.1, 0.15) is 54.4 Å². The summed E-state index contributed by atoms with van der Waals surface area (Å²) < 4.78 is 0. The zero-order valence-electron chi connectivity index (χ0n) is 16.1. The highest BCUT2D eigenvalue weighted by Crippen LogP contribution is 2.30. The third-order valence-corrected chi connectivity index (χ3v) is 5.88. The fourth-order valence-electron chi connectivity index (χ4n) is 3.32. The van der Waals surface area contributed by atoms with Crippen molar-refractivity contribution in [3.8, 4) is 0 Å². The topological polar surface area (TPSA) is 79.4 Å². The quantitative estimate of drug-likeness (QED) is 0.636. The van der Waals surface area contributed by atoms with Gasteiger partial charge in [0.15, 0.2) is 0 Å². The lowest BCUT2D eigenvalue weighted by Gasteiger charge is -2.15. The first-order valence-electron chi connectivity index (χ1n) is 9.35. The second-order valence-corrected chi connectivity index (χ2v) is 7.85. The highest BCUT2D eigenvalue weighted by molar-refractivity contribution is 7.13. The average molecular weight is 405 g/mol. The SMILES string of the molecule is CCCc1nc(C)c(C(=O)Nc2cccc(N3C(=O)c4ccccc4C3=O)c2)s1. The van der Waals surface area contributed by atoms with E-state index in [9.17, 15) is 14.4 Å². The Kier molecular flexibility index (Phi) is 4.98. The van der Waals surface area contributed by atoms with Crippen LogP contribution in [0.3, 0.4) is 0 Å². The molecule has 1 aromatic heterocycles. The van der Waals surface area contributed by atoms with Gasteiger partial charge < -0.3 is 5.32 Å². The van der Waals surface area contributed by atoms with Crippen molar-refractivity contribution >= 4 is 40.4 Å². The van der Waals surface area contributed by atoms with Crippen LogP contribution in [0.4, 0.5) is 11.4 Å². The summed E-state index contributed by atoms with van der Waals surface area (Å²) in [5.74, 6) is -0.977. The van der Waals surface area contributed by atoms with Crippen LogP contribution in [0.5, 0.6) is 0 Å². The van der Waals surface area contributed by atoms with Crippen LogP contribution in [0.15, 0.2) is 48.5 Å². The van der Waals surface area contributed by atoms with Crippen LogP contribution in [-0.4, -0.2) is 22.7 Å². The maximum absolute atomic E-state index is 12.7. The van der Waals surface area contributed by atoms with Gasteiger partial charge in [-0.3, -0.25) is 14.4 Å². The zero-order chi connectivity index (χ0) is 20.5. The second-order valence-electron chi connectivity index (χ2n) is 6.77. The molecule has 6 nitrogen and oxygen atoms in total. The first kappa shape index (κ1) is 19.0. The summed E-state index contributed by atoms with van der Waals surface area (Å²) in [5, 5.41) is 3.79. The Morgan fingerprint density at radius 2 is 1.76 bits per heavy atom. The number of carbonyl (C=O) groups excluding carboxylic acids is 3. The monoisotopic (exact) mass is 405 g/mol. The Labute approximate surface area is 172 Å². The maximum Gasteiger partial charge on any atom is 0.267 e. The third kappa shape index (κ3) is 3.45. The van der Waals surface area contributed by atoms with Gasteiger partial charge in [-0.2, -0.15) is 0 Å². The number of hydrogen-bond donors (Lipinski definition) is 1. The van der Waals surface area contributed by atoms with Crippen molar-refractivity contribution in [3.05, 3.63) is 75.2 Å². The van der Waals surface area contributed by atoms with Gasteiger partial charge in [-0.25, -0.2) is 9.88 Å². The number of carbonyl (C=O) groups is 3. The maximum atomic E-state index is 12.7. The summed E-state index contributed by atoms with van der Waals surface area (Å²) in [6, 6.07) is 13.5. The molecule has 0 radical (unpaired) electrons. The van der Waals surface area contributed by atoms with Crippen LogP contribution >= 0.6 is 11.3 Å².